The van der Waals surface area contributed by atoms with Gasteiger partial charge < -0.3 is 11.1 Å². The van der Waals surface area contributed by atoms with E-state index in [0.29, 0.717) is 11.5 Å². The van der Waals surface area contributed by atoms with E-state index in [1.807, 2.05) is 61.5 Å². The van der Waals surface area contributed by atoms with E-state index < -0.39 is 0 Å². The Hall–Kier alpha value is -2.59. The van der Waals surface area contributed by atoms with Gasteiger partial charge in [0.2, 0.25) is 0 Å². The number of nitrogens with two attached hydrogens (primary N) is 1. The van der Waals surface area contributed by atoms with Gasteiger partial charge in [-0.1, -0.05) is 35.9 Å². The van der Waals surface area contributed by atoms with Crippen LogP contribution in [0, 0.1) is 6.92 Å². The van der Waals surface area contributed by atoms with Crippen molar-refractivity contribution in [3.63, 3.8) is 0 Å². The first-order valence-corrected chi connectivity index (χ1v) is 8.12. The summed E-state index contributed by atoms with van der Waals surface area (Å²) in [5, 5.41) is 4.15. The Kier molecular flexibility index (Phi) is 4.67. The minimum absolute atomic E-state index is 0.102. The molecule has 3 N–H and O–H groups in total. The number of benzene rings is 2. The van der Waals surface area contributed by atoms with Gasteiger partial charge >= 0.3 is 0 Å². The van der Waals surface area contributed by atoms with E-state index in [-0.39, 0.29) is 6.04 Å². The molecule has 0 aliphatic carbocycles. The van der Waals surface area contributed by atoms with Crippen LogP contribution in [0.2, 0.25) is 5.02 Å². The highest BCUT2D eigenvalue weighted by Gasteiger charge is 2.09. The standard InChI is InChI=1S/C19H19ClN4/c1-12-10-18(23-13(2)14-6-8-16(20)9-7-14)24-19(22-12)15-4-3-5-17(21)11-15/h3-11,13H,21H2,1-2H3,(H,22,23,24)/t13-/m1/s1. The van der Waals surface area contributed by atoms with Gasteiger partial charge in [-0.05, 0) is 43.7 Å². The molecule has 0 unspecified atom stereocenters. The minimum atomic E-state index is 0.102. The van der Waals surface area contributed by atoms with E-state index >= 15 is 0 Å². The topological polar surface area (TPSA) is 63.8 Å². The van der Waals surface area contributed by atoms with Crippen molar-refractivity contribution in [2.75, 3.05) is 11.1 Å². The monoisotopic (exact) mass is 338 g/mol. The molecule has 1 aromatic heterocycles. The summed E-state index contributed by atoms with van der Waals surface area (Å²) >= 11 is 5.95. The fourth-order valence-corrected chi connectivity index (χ4v) is 2.63. The van der Waals surface area contributed by atoms with Gasteiger partial charge in [0, 0.05) is 34.1 Å². The average molecular weight is 339 g/mol. The summed E-state index contributed by atoms with van der Waals surface area (Å²) in [6, 6.07) is 17.4. The lowest BCUT2D eigenvalue weighted by Gasteiger charge is -2.16. The second-order valence-corrected chi connectivity index (χ2v) is 6.20. The molecule has 24 heavy (non-hydrogen) atoms. The smallest absolute Gasteiger partial charge is 0.161 e. The zero-order chi connectivity index (χ0) is 17.1. The maximum absolute atomic E-state index is 5.95. The van der Waals surface area contributed by atoms with Crippen LogP contribution < -0.4 is 11.1 Å². The van der Waals surface area contributed by atoms with Gasteiger partial charge in [-0.15, -0.1) is 0 Å². The van der Waals surface area contributed by atoms with Crippen molar-refractivity contribution in [3.05, 3.63) is 70.9 Å². The number of aromatic nitrogens is 2. The molecule has 0 radical (unpaired) electrons. The predicted octanol–water partition coefficient (Wildman–Crippen LogP) is 4.86. The van der Waals surface area contributed by atoms with Crippen molar-refractivity contribution in [1.29, 1.82) is 0 Å². The number of hydrogen-bond acceptors (Lipinski definition) is 4. The van der Waals surface area contributed by atoms with Crippen molar-refractivity contribution < 1.29 is 0 Å². The van der Waals surface area contributed by atoms with Crippen LogP contribution in [0.3, 0.4) is 0 Å². The van der Waals surface area contributed by atoms with Gasteiger partial charge in [-0.25, -0.2) is 9.97 Å². The molecule has 4 nitrogen and oxygen atoms in total. The first-order valence-electron chi connectivity index (χ1n) is 7.75. The molecule has 0 aliphatic heterocycles. The number of halogens is 1. The lowest BCUT2D eigenvalue weighted by Crippen LogP contribution is -2.09. The van der Waals surface area contributed by atoms with E-state index in [2.05, 4.69) is 22.2 Å². The Bertz CT molecular complexity index is 846. The zero-order valence-electron chi connectivity index (χ0n) is 13.6. The molecule has 0 saturated carbocycles. The quantitative estimate of drug-likeness (QED) is 0.667. The molecule has 1 atom stereocenters. The SMILES string of the molecule is Cc1cc(N[C@H](C)c2ccc(Cl)cc2)nc(-c2cccc(N)c2)n1. The highest BCUT2D eigenvalue weighted by molar-refractivity contribution is 6.30. The summed E-state index contributed by atoms with van der Waals surface area (Å²) in [5.41, 5.74) is 9.50. The van der Waals surface area contributed by atoms with Crippen LogP contribution in [0.15, 0.2) is 54.6 Å². The van der Waals surface area contributed by atoms with Crippen molar-refractivity contribution in [2.24, 2.45) is 0 Å². The molecule has 0 amide bonds. The van der Waals surface area contributed by atoms with Crippen LogP contribution in [0.25, 0.3) is 11.4 Å². The van der Waals surface area contributed by atoms with Gasteiger partial charge in [-0.3, -0.25) is 0 Å². The summed E-state index contributed by atoms with van der Waals surface area (Å²) < 4.78 is 0. The number of aryl methyl sites for hydroxylation is 1. The molecular weight excluding hydrogens is 320 g/mol. The van der Waals surface area contributed by atoms with Crippen LogP contribution in [0.5, 0.6) is 0 Å². The molecule has 122 valence electrons. The van der Waals surface area contributed by atoms with Crippen molar-refractivity contribution in [1.82, 2.24) is 9.97 Å². The lowest BCUT2D eigenvalue weighted by molar-refractivity contribution is 0.871. The molecule has 2 aromatic carbocycles. The highest BCUT2D eigenvalue weighted by Crippen LogP contribution is 2.23. The van der Waals surface area contributed by atoms with Crippen LogP contribution in [0.4, 0.5) is 11.5 Å². The number of rotatable bonds is 4. The Morgan fingerprint density at radius 1 is 1.04 bits per heavy atom. The summed E-state index contributed by atoms with van der Waals surface area (Å²) in [7, 11) is 0. The van der Waals surface area contributed by atoms with E-state index in [9.17, 15) is 0 Å². The van der Waals surface area contributed by atoms with Crippen LogP contribution in [-0.2, 0) is 0 Å². The Balaban J connectivity index is 1.87. The molecule has 1 heterocycles. The van der Waals surface area contributed by atoms with Crippen LogP contribution in [0.1, 0.15) is 24.2 Å². The molecule has 0 aliphatic rings. The molecule has 5 heteroatoms. The van der Waals surface area contributed by atoms with E-state index in [1.54, 1.807) is 0 Å². The molecule has 0 fully saturated rings. The maximum Gasteiger partial charge on any atom is 0.161 e. The lowest BCUT2D eigenvalue weighted by atomic mass is 10.1. The molecule has 0 spiro atoms. The fourth-order valence-electron chi connectivity index (χ4n) is 2.51. The van der Waals surface area contributed by atoms with Crippen molar-refractivity contribution >= 4 is 23.1 Å². The zero-order valence-corrected chi connectivity index (χ0v) is 14.4. The summed E-state index contributed by atoms with van der Waals surface area (Å²) in [5.74, 6) is 1.44. The van der Waals surface area contributed by atoms with Gasteiger partial charge in [-0.2, -0.15) is 0 Å². The predicted molar refractivity (Wildman–Crippen MR) is 100 cm³/mol. The Morgan fingerprint density at radius 3 is 2.50 bits per heavy atom. The molecule has 0 saturated heterocycles. The molecular formula is C19H19ClN4. The number of nitrogen functional groups attached to an aromatic ring is 1. The summed E-state index contributed by atoms with van der Waals surface area (Å²) in [6.45, 7) is 4.04. The minimum Gasteiger partial charge on any atom is -0.399 e. The van der Waals surface area contributed by atoms with Gasteiger partial charge in [0.05, 0.1) is 0 Å². The second kappa shape index (κ2) is 6.89. The van der Waals surface area contributed by atoms with Gasteiger partial charge in [0.25, 0.3) is 0 Å². The maximum atomic E-state index is 5.95. The van der Waals surface area contributed by atoms with Crippen LogP contribution >= 0.6 is 11.6 Å². The second-order valence-electron chi connectivity index (χ2n) is 5.76. The number of anilines is 2. The first kappa shape index (κ1) is 16.3. The molecule has 3 aromatic rings. The fraction of sp³-hybridized carbons (Fsp3) is 0.158. The Labute approximate surface area is 146 Å². The van der Waals surface area contributed by atoms with Gasteiger partial charge in [0.1, 0.15) is 5.82 Å². The number of nitrogens with one attached hydrogen (secondary N) is 1. The molecule has 3 rings (SSSR count). The van der Waals surface area contributed by atoms with E-state index in [1.165, 1.54) is 0 Å². The van der Waals surface area contributed by atoms with Crippen molar-refractivity contribution in [2.45, 2.75) is 19.9 Å². The average Bonchev–Trinajstić information content (AvgIpc) is 2.55. The molecule has 0 bridgehead atoms. The van der Waals surface area contributed by atoms with E-state index in [4.69, 9.17) is 17.3 Å². The first-order chi connectivity index (χ1) is 11.5. The van der Waals surface area contributed by atoms with E-state index in [0.717, 1.165) is 27.7 Å². The normalized spacial score (nSPS) is 12.0. The number of nitrogens with zero attached hydrogens (tertiary/aromatic N) is 2. The van der Waals surface area contributed by atoms with Gasteiger partial charge in [0.15, 0.2) is 5.82 Å². The third-order valence-corrected chi connectivity index (χ3v) is 3.99. The third kappa shape index (κ3) is 3.84. The van der Waals surface area contributed by atoms with Crippen LogP contribution in [-0.4, -0.2) is 9.97 Å². The summed E-state index contributed by atoms with van der Waals surface area (Å²) in [6.07, 6.45) is 0. The Morgan fingerprint density at radius 2 is 1.79 bits per heavy atom. The number of hydrogen-bond donors (Lipinski definition) is 2. The summed E-state index contributed by atoms with van der Waals surface area (Å²) in [4.78, 5) is 9.14. The third-order valence-electron chi connectivity index (χ3n) is 3.73. The van der Waals surface area contributed by atoms with Crippen molar-refractivity contribution in [3.8, 4) is 11.4 Å². The largest absolute Gasteiger partial charge is 0.399 e. The highest BCUT2D eigenvalue weighted by atomic mass is 35.5.